The molecule has 0 aliphatic rings. The van der Waals surface area contributed by atoms with Crippen LogP contribution in [0.1, 0.15) is 11.6 Å². The van der Waals surface area contributed by atoms with Crippen LogP contribution < -0.4 is 5.32 Å². The zero-order valence-electron chi connectivity index (χ0n) is 9.98. The normalized spacial score (nSPS) is 13.7. The Labute approximate surface area is 108 Å². The molecule has 2 rings (SSSR count). The lowest BCUT2D eigenvalue weighted by molar-refractivity contribution is -0.126. The van der Waals surface area contributed by atoms with Gasteiger partial charge in [-0.1, -0.05) is 12.1 Å². The number of nitrogens with zero attached hydrogens (tertiary/aromatic N) is 1. The maximum Gasteiger partial charge on any atom is 0.401 e. The van der Waals surface area contributed by atoms with Crippen molar-refractivity contribution in [1.82, 2.24) is 10.3 Å². The molecule has 0 fully saturated rings. The number of pyridine rings is 1. The van der Waals surface area contributed by atoms with Gasteiger partial charge in [-0.25, -0.2) is 0 Å². The number of aliphatic hydroxyl groups excluding tert-OH is 1. The Morgan fingerprint density at radius 1 is 1.26 bits per heavy atom. The third-order valence-corrected chi connectivity index (χ3v) is 2.76. The van der Waals surface area contributed by atoms with Gasteiger partial charge in [0.05, 0.1) is 24.7 Å². The van der Waals surface area contributed by atoms with Crippen molar-refractivity contribution in [2.24, 2.45) is 0 Å². The summed E-state index contributed by atoms with van der Waals surface area (Å²) < 4.78 is 36.5. The summed E-state index contributed by atoms with van der Waals surface area (Å²) in [4.78, 5) is 4.13. The highest BCUT2D eigenvalue weighted by Gasteiger charge is 2.28. The van der Waals surface area contributed by atoms with E-state index in [1.54, 1.807) is 30.5 Å². The Balaban J connectivity index is 2.20. The van der Waals surface area contributed by atoms with Crippen molar-refractivity contribution in [3.8, 4) is 0 Å². The Hall–Kier alpha value is -1.66. The molecule has 0 spiro atoms. The summed E-state index contributed by atoms with van der Waals surface area (Å²) in [5, 5.41) is 12.3. The lowest BCUT2D eigenvalue weighted by atomic mass is 10.0. The maximum absolute atomic E-state index is 12.2. The van der Waals surface area contributed by atoms with Crippen LogP contribution in [0, 0.1) is 0 Å². The highest BCUT2D eigenvalue weighted by molar-refractivity contribution is 5.79. The molecule has 19 heavy (non-hydrogen) atoms. The average molecular weight is 270 g/mol. The summed E-state index contributed by atoms with van der Waals surface area (Å²) in [6.45, 7) is -1.54. The van der Waals surface area contributed by atoms with E-state index in [2.05, 4.69) is 10.3 Å². The number of rotatable bonds is 4. The van der Waals surface area contributed by atoms with E-state index < -0.39 is 25.4 Å². The summed E-state index contributed by atoms with van der Waals surface area (Å²) in [7, 11) is 0. The van der Waals surface area contributed by atoms with Crippen molar-refractivity contribution in [2.75, 3.05) is 13.2 Å². The monoisotopic (exact) mass is 270 g/mol. The molecule has 0 radical (unpaired) electrons. The number of alkyl halides is 3. The molecule has 1 atom stereocenters. The maximum atomic E-state index is 12.2. The molecule has 102 valence electrons. The number of fused-ring (bicyclic) bond motifs is 1. The molecule has 0 bridgehead atoms. The predicted molar refractivity (Wildman–Crippen MR) is 65.6 cm³/mol. The molecule has 0 saturated heterocycles. The predicted octanol–water partition coefficient (Wildman–Crippen LogP) is 2.42. The van der Waals surface area contributed by atoms with Crippen LogP contribution in [-0.4, -0.2) is 29.4 Å². The first-order chi connectivity index (χ1) is 8.99. The molecular formula is C13H13F3N2O. The first kappa shape index (κ1) is 13.8. The van der Waals surface area contributed by atoms with Gasteiger partial charge in [-0.15, -0.1) is 0 Å². The highest BCUT2D eigenvalue weighted by atomic mass is 19.4. The summed E-state index contributed by atoms with van der Waals surface area (Å²) in [5.41, 5.74) is 1.37. The first-order valence-corrected chi connectivity index (χ1v) is 5.75. The average Bonchev–Trinajstić information content (AvgIpc) is 2.38. The number of hydrogen-bond donors (Lipinski definition) is 2. The van der Waals surface area contributed by atoms with Crippen LogP contribution in [0.25, 0.3) is 10.9 Å². The highest BCUT2D eigenvalue weighted by Crippen LogP contribution is 2.20. The second-order valence-electron chi connectivity index (χ2n) is 4.19. The van der Waals surface area contributed by atoms with Crippen LogP contribution >= 0.6 is 0 Å². The summed E-state index contributed by atoms with van der Waals surface area (Å²) in [5.74, 6) is 0. The van der Waals surface area contributed by atoms with Crippen LogP contribution in [0.4, 0.5) is 13.2 Å². The van der Waals surface area contributed by atoms with Gasteiger partial charge in [0.2, 0.25) is 0 Å². The van der Waals surface area contributed by atoms with E-state index in [0.29, 0.717) is 5.56 Å². The Morgan fingerprint density at radius 2 is 2.05 bits per heavy atom. The molecule has 1 heterocycles. The van der Waals surface area contributed by atoms with Gasteiger partial charge >= 0.3 is 6.18 Å². The van der Waals surface area contributed by atoms with Gasteiger partial charge in [0.15, 0.2) is 0 Å². The molecule has 6 heteroatoms. The number of aliphatic hydroxyl groups is 1. The zero-order chi connectivity index (χ0) is 13.9. The smallest absolute Gasteiger partial charge is 0.394 e. The van der Waals surface area contributed by atoms with Crippen LogP contribution in [0.3, 0.4) is 0 Å². The molecule has 0 amide bonds. The summed E-state index contributed by atoms with van der Waals surface area (Å²) >= 11 is 0. The minimum atomic E-state index is -4.30. The van der Waals surface area contributed by atoms with Gasteiger partial charge in [-0.2, -0.15) is 13.2 Å². The lowest BCUT2D eigenvalue weighted by Gasteiger charge is -2.18. The van der Waals surface area contributed by atoms with E-state index in [0.717, 1.165) is 10.9 Å². The molecule has 1 aromatic heterocycles. The molecule has 1 unspecified atom stereocenters. The third kappa shape index (κ3) is 3.65. The van der Waals surface area contributed by atoms with Crippen molar-refractivity contribution < 1.29 is 18.3 Å². The van der Waals surface area contributed by atoms with Crippen LogP contribution in [0.15, 0.2) is 36.5 Å². The molecule has 2 N–H and O–H groups in total. The zero-order valence-corrected chi connectivity index (χ0v) is 9.98. The van der Waals surface area contributed by atoms with Crippen molar-refractivity contribution in [1.29, 1.82) is 0 Å². The molecule has 0 aliphatic heterocycles. The van der Waals surface area contributed by atoms with Gasteiger partial charge in [0, 0.05) is 11.6 Å². The quantitative estimate of drug-likeness (QED) is 0.896. The van der Waals surface area contributed by atoms with E-state index >= 15 is 0 Å². The van der Waals surface area contributed by atoms with Crippen LogP contribution in [0.2, 0.25) is 0 Å². The van der Waals surface area contributed by atoms with Crippen LogP contribution in [-0.2, 0) is 0 Å². The SMILES string of the molecule is OCC(NCC(F)(F)F)c1ccc2ncccc2c1. The minimum Gasteiger partial charge on any atom is -0.394 e. The fourth-order valence-electron chi connectivity index (χ4n) is 1.84. The number of halogens is 3. The number of hydrogen-bond acceptors (Lipinski definition) is 3. The molecule has 3 nitrogen and oxygen atoms in total. The molecule has 2 aromatic rings. The van der Waals surface area contributed by atoms with Crippen molar-refractivity contribution in [2.45, 2.75) is 12.2 Å². The Morgan fingerprint density at radius 3 is 2.74 bits per heavy atom. The molecule has 0 aliphatic carbocycles. The largest absolute Gasteiger partial charge is 0.401 e. The first-order valence-electron chi connectivity index (χ1n) is 5.75. The second-order valence-corrected chi connectivity index (χ2v) is 4.19. The standard InChI is InChI=1S/C13H13F3N2O/c14-13(15,16)8-18-12(7-19)10-3-4-11-9(6-10)2-1-5-17-11/h1-6,12,18-19H,7-8H2. The molecule has 1 aromatic carbocycles. The Kier molecular flexibility index (Phi) is 4.01. The molecular weight excluding hydrogens is 257 g/mol. The fraction of sp³-hybridized carbons (Fsp3) is 0.308. The van der Waals surface area contributed by atoms with E-state index in [1.807, 2.05) is 6.07 Å². The fourth-order valence-corrected chi connectivity index (χ4v) is 1.84. The molecule has 0 saturated carbocycles. The minimum absolute atomic E-state index is 0.401. The van der Waals surface area contributed by atoms with Gasteiger partial charge in [0.1, 0.15) is 0 Å². The second kappa shape index (κ2) is 5.54. The van der Waals surface area contributed by atoms with E-state index in [4.69, 9.17) is 0 Å². The van der Waals surface area contributed by atoms with E-state index in [-0.39, 0.29) is 0 Å². The van der Waals surface area contributed by atoms with Crippen molar-refractivity contribution in [3.05, 3.63) is 42.1 Å². The third-order valence-electron chi connectivity index (χ3n) is 2.76. The van der Waals surface area contributed by atoms with Gasteiger partial charge in [-0.3, -0.25) is 10.3 Å². The van der Waals surface area contributed by atoms with Gasteiger partial charge < -0.3 is 5.11 Å². The topological polar surface area (TPSA) is 45.1 Å². The van der Waals surface area contributed by atoms with E-state index in [1.165, 1.54) is 0 Å². The van der Waals surface area contributed by atoms with Crippen molar-refractivity contribution >= 4 is 10.9 Å². The van der Waals surface area contributed by atoms with Crippen LogP contribution in [0.5, 0.6) is 0 Å². The van der Waals surface area contributed by atoms with Gasteiger partial charge in [-0.05, 0) is 23.8 Å². The Bertz CT molecular complexity index is 557. The lowest BCUT2D eigenvalue weighted by Crippen LogP contribution is -2.33. The number of benzene rings is 1. The summed E-state index contributed by atoms with van der Waals surface area (Å²) in [6.07, 6.45) is -2.65. The number of aromatic nitrogens is 1. The van der Waals surface area contributed by atoms with Gasteiger partial charge in [0.25, 0.3) is 0 Å². The number of nitrogens with one attached hydrogen (secondary N) is 1. The van der Waals surface area contributed by atoms with E-state index in [9.17, 15) is 18.3 Å². The van der Waals surface area contributed by atoms with Crippen molar-refractivity contribution in [3.63, 3.8) is 0 Å². The summed E-state index contributed by atoms with van der Waals surface area (Å²) in [6, 6.07) is 7.95.